The van der Waals surface area contributed by atoms with Crippen molar-refractivity contribution in [2.24, 2.45) is 11.7 Å². The second-order valence-corrected chi connectivity index (χ2v) is 4.45. The second-order valence-electron chi connectivity index (χ2n) is 4.45. The molecule has 1 heterocycles. The molecule has 1 aliphatic rings. The summed E-state index contributed by atoms with van der Waals surface area (Å²) in [6.07, 6.45) is 1.84. The highest BCUT2D eigenvalue weighted by atomic mass is 16.3. The van der Waals surface area contributed by atoms with E-state index in [-0.39, 0.29) is 11.8 Å². The third-order valence-electron chi connectivity index (χ3n) is 2.77. The minimum atomic E-state index is -0.508. The summed E-state index contributed by atoms with van der Waals surface area (Å²) in [4.78, 5) is 12.9. The van der Waals surface area contributed by atoms with Crippen LogP contribution in [0.15, 0.2) is 0 Å². The van der Waals surface area contributed by atoms with Crippen LogP contribution in [0.5, 0.6) is 0 Å². The number of β-amino-alcohol motifs (C(OH)–C–C–N with tert-alkyl or cyclic N) is 1. The van der Waals surface area contributed by atoms with Gasteiger partial charge in [0.2, 0.25) is 5.91 Å². The average molecular weight is 200 g/mol. The van der Waals surface area contributed by atoms with Crippen LogP contribution >= 0.6 is 0 Å². The van der Waals surface area contributed by atoms with Crippen LogP contribution in [0.25, 0.3) is 0 Å². The first-order valence-corrected chi connectivity index (χ1v) is 5.21. The maximum Gasteiger partial charge on any atom is 0.221 e. The van der Waals surface area contributed by atoms with Crippen LogP contribution < -0.4 is 5.73 Å². The molecule has 3 N–H and O–H groups in total. The third kappa shape index (κ3) is 2.69. The molecule has 0 aromatic carbocycles. The van der Waals surface area contributed by atoms with Crippen molar-refractivity contribution < 1.29 is 9.90 Å². The third-order valence-corrected chi connectivity index (χ3v) is 2.77. The summed E-state index contributed by atoms with van der Waals surface area (Å²) < 4.78 is 0. The van der Waals surface area contributed by atoms with E-state index in [2.05, 4.69) is 11.8 Å². The highest BCUT2D eigenvalue weighted by molar-refractivity contribution is 5.76. The summed E-state index contributed by atoms with van der Waals surface area (Å²) in [5.41, 5.74) is 4.65. The van der Waals surface area contributed by atoms with Crippen LogP contribution in [0.1, 0.15) is 26.7 Å². The fourth-order valence-electron chi connectivity index (χ4n) is 2.02. The molecule has 1 fully saturated rings. The van der Waals surface area contributed by atoms with Crippen molar-refractivity contribution >= 4 is 5.91 Å². The van der Waals surface area contributed by atoms with Gasteiger partial charge < -0.3 is 10.8 Å². The van der Waals surface area contributed by atoms with Crippen molar-refractivity contribution in [3.63, 3.8) is 0 Å². The predicted molar refractivity (Wildman–Crippen MR) is 54.7 cm³/mol. The summed E-state index contributed by atoms with van der Waals surface area (Å²) in [6, 6.07) is 0. The Labute approximate surface area is 85.1 Å². The van der Waals surface area contributed by atoms with Gasteiger partial charge in [-0.25, -0.2) is 0 Å². The lowest BCUT2D eigenvalue weighted by molar-refractivity contribution is -0.128. The number of carbonyl (C=O) groups excluding carboxylic acids is 1. The van der Waals surface area contributed by atoms with Gasteiger partial charge in [0.05, 0.1) is 5.60 Å². The molecule has 0 aromatic heterocycles. The Morgan fingerprint density at radius 2 is 2.21 bits per heavy atom. The minimum Gasteiger partial charge on any atom is -0.387 e. The Kier molecular flexibility index (Phi) is 3.50. The van der Waals surface area contributed by atoms with Crippen LogP contribution in [0, 0.1) is 5.92 Å². The van der Waals surface area contributed by atoms with Gasteiger partial charge in [0.15, 0.2) is 0 Å². The average Bonchev–Trinajstić information content (AvgIpc) is 2.01. The van der Waals surface area contributed by atoms with E-state index in [9.17, 15) is 9.90 Å². The molecule has 4 nitrogen and oxygen atoms in total. The second kappa shape index (κ2) is 4.28. The van der Waals surface area contributed by atoms with E-state index in [1.54, 1.807) is 0 Å². The molecule has 0 radical (unpaired) electrons. The molecular weight excluding hydrogens is 180 g/mol. The van der Waals surface area contributed by atoms with Crippen LogP contribution in [-0.2, 0) is 4.79 Å². The Morgan fingerprint density at radius 3 is 2.64 bits per heavy atom. The minimum absolute atomic E-state index is 0.124. The molecule has 1 atom stereocenters. The Hall–Kier alpha value is -0.610. The first kappa shape index (κ1) is 11.5. The van der Waals surface area contributed by atoms with Gasteiger partial charge in [-0.05, 0) is 6.42 Å². The van der Waals surface area contributed by atoms with E-state index in [1.165, 1.54) is 0 Å². The van der Waals surface area contributed by atoms with Gasteiger partial charge in [0.25, 0.3) is 0 Å². The van der Waals surface area contributed by atoms with Crippen molar-refractivity contribution in [2.45, 2.75) is 32.3 Å². The largest absolute Gasteiger partial charge is 0.387 e. The molecule has 0 bridgehead atoms. The molecule has 82 valence electrons. The van der Waals surface area contributed by atoms with Gasteiger partial charge in [-0.2, -0.15) is 0 Å². The van der Waals surface area contributed by atoms with Crippen molar-refractivity contribution in [3.05, 3.63) is 0 Å². The van der Waals surface area contributed by atoms with E-state index >= 15 is 0 Å². The molecule has 1 unspecified atom stereocenters. The van der Waals surface area contributed by atoms with Crippen molar-refractivity contribution in [2.75, 3.05) is 19.6 Å². The van der Waals surface area contributed by atoms with Gasteiger partial charge >= 0.3 is 0 Å². The maximum atomic E-state index is 10.8. The van der Waals surface area contributed by atoms with Gasteiger partial charge in [-0.15, -0.1) is 0 Å². The van der Waals surface area contributed by atoms with Crippen LogP contribution in [0.3, 0.4) is 0 Å². The van der Waals surface area contributed by atoms with Gasteiger partial charge in [-0.1, -0.05) is 20.3 Å². The monoisotopic (exact) mass is 200 g/mol. The summed E-state index contributed by atoms with van der Waals surface area (Å²) >= 11 is 0. The standard InChI is InChI=1S/C10H20N2O2/c1-3-4-10(14)6-12(7-10)5-8(2)9(11)13/h8,14H,3-7H2,1-2H3,(H2,11,13). The number of carbonyl (C=O) groups is 1. The molecule has 0 aliphatic carbocycles. The predicted octanol–water partition coefficient (Wildman–Crippen LogP) is -0.0454. The number of aliphatic hydroxyl groups is 1. The SMILES string of the molecule is CCCC1(O)CN(CC(C)C(N)=O)C1. The molecule has 1 amide bonds. The normalized spacial score (nSPS) is 22.8. The molecule has 0 saturated carbocycles. The first-order chi connectivity index (χ1) is 6.47. The highest BCUT2D eigenvalue weighted by Gasteiger charge is 2.40. The lowest BCUT2D eigenvalue weighted by Gasteiger charge is -2.47. The van der Waals surface area contributed by atoms with E-state index < -0.39 is 5.60 Å². The Morgan fingerprint density at radius 1 is 1.64 bits per heavy atom. The molecule has 1 saturated heterocycles. The molecule has 0 aromatic rings. The number of hydrogen-bond acceptors (Lipinski definition) is 3. The Balaban J connectivity index is 2.24. The van der Waals surface area contributed by atoms with Crippen molar-refractivity contribution in [3.8, 4) is 0 Å². The molecule has 4 heteroatoms. The zero-order valence-electron chi connectivity index (χ0n) is 8.99. The number of nitrogens with two attached hydrogens (primary N) is 1. The van der Waals surface area contributed by atoms with Gasteiger partial charge in [0.1, 0.15) is 0 Å². The zero-order chi connectivity index (χ0) is 10.8. The molecular formula is C10H20N2O2. The lowest BCUT2D eigenvalue weighted by atomic mass is 9.88. The number of primary amides is 1. The number of likely N-dealkylation sites (tertiary alicyclic amines) is 1. The molecule has 1 aliphatic heterocycles. The quantitative estimate of drug-likeness (QED) is 0.654. The zero-order valence-corrected chi connectivity index (χ0v) is 8.99. The molecule has 14 heavy (non-hydrogen) atoms. The van der Waals surface area contributed by atoms with E-state index in [0.29, 0.717) is 19.6 Å². The topological polar surface area (TPSA) is 66.6 Å². The van der Waals surface area contributed by atoms with Crippen molar-refractivity contribution in [1.82, 2.24) is 4.90 Å². The summed E-state index contributed by atoms with van der Waals surface area (Å²) in [5, 5.41) is 9.87. The number of hydrogen-bond donors (Lipinski definition) is 2. The smallest absolute Gasteiger partial charge is 0.221 e. The molecule has 1 rings (SSSR count). The lowest BCUT2D eigenvalue weighted by Crippen LogP contribution is -2.62. The van der Waals surface area contributed by atoms with Gasteiger partial charge in [-0.3, -0.25) is 9.69 Å². The van der Waals surface area contributed by atoms with Gasteiger partial charge in [0, 0.05) is 25.6 Å². The van der Waals surface area contributed by atoms with Crippen LogP contribution in [-0.4, -0.2) is 41.1 Å². The van der Waals surface area contributed by atoms with Crippen LogP contribution in [0.4, 0.5) is 0 Å². The summed E-state index contributed by atoms with van der Waals surface area (Å²) in [6.45, 7) is 5.91. The van der Waals surface area contributed by atoms with E-state index in [4.69, 9.17) is 5.73 Å². The van der Waals surface area contributed by atoms with E-state index in [0.717, 1.165) is 12.8 Å². The number of nitrogens with zero attached hydrogens (tertiary/aromatic N) is 1. The van der Waals surface area contributed by atoms with Crippen LogP contribution in [0.2, 0.25) is 0 Å². The first-order valence-electron chi connectivity index (χ1n) is 5.21. The maximum absolute atomic E-state index is 10.8. The van der Waals surface area contributed by atoms with E-state index in [1.807, 2.05) is 6.92 Å². The number of amides is 1. The molecule has 0 spiro atoms. The fraction of sp³-hybridized carbons (Fsp3) is 0.900. The fourth-order valence-corrected chi connectivity index (χ4v) is 2.02. The Bertz CT molecular complexity index is 212. The number of rotatable bonds is 5. The van der Waals surface area contributed by atoms with Crippen molar-refractivity contribution in [1.29, 1.82) is 0 Å². The highest BCUT2D eigenvalue weighted by Crippen LogP contribution is 2.26. The summed E-state index contributed by atoms with van der Waals surface area (Å²) in [5.74, 6) is -0.392. The summed E-state index contributed by atoms with van der Waals surface area (Å²) in [7, 11) is 0.